The van der Waals surface area contributed by atoms with E-state index in [9.17, 15) is 19.2 Å². The van der Waals surface area contributed by atoms with Gasteiger partial charge in [-0.25, -0.2) is 4.98 Å². The second-order valence-corrected chi connectivity index (χ2v) is 6.67. The summed E-state index contributed by atoms with van der Waals surface area (Å²) < 4.78 is 0. The molecule has 0 saturated heterocycles. The Kier molecular flexibility index (Phi) is 14.0. The van der Waals surface area contributed by atoms with Crippen LogP contribution in [0.2, 0.25) is 0 Å². The van der Waals surface area contributed by atoms with Crippen molar-refractivity contribution in [2.45, 2.75) is 30.0 Å². The number of carboxylic acid groups (broad SMARTS) is 2. The standard InChI is InChI=1S/C10H17N3O6S.C5H5NS2/c11-5(10(18)19)1-2-7(14)13-6(4-20)9(17)12-3-8(15)16;7-8-5-3-1-2-4-6-5/h5-6,20H,1-4,11H2,(H,12,17)(H,13,14)(H,15,16)(H,18,19);1-4,7H. The Morgan fingerprint density at radius 2 is 1.93 bits per heavy atom. The molecule has 10 nitrogen and oxygen atoms in total. The number of hydrogen-bond donors (Lipinski definition) is 7. The molecule has 1 rings (SSSR count). The molecule has 1 heterocycles. The number of carbonyl (C=O) groups is 4. The molecule has 0 aliphatic heterocycles. The number of rotatable bonds is 10. The van der Waals surface area contributed by atoms with Crippen LogP contribution < -0.4 is 16.4 Å². The van der Waals surface area contributed by atoms with Crippen LogP contribution in [0, 0.1) is 0 Å². The third-order valence-electron chi connectivity index (χ3n) is 2.98. The highest BCUT2D eigenvalue weighted by molar-refractivity contribution is 8.68. The first-order chi connectivity index (χ1) is 13.2. The largest absolute Gasteiger partial charge is 0.480 e. The fourth-order valence-corrected chi connectivity index (χ4v) is 2.39. The number of carbonyl (C=O) groups excluding carboxylic acids is 2. The van der Waals surface area contributed by atoms with E-state index in [1.54, 1.807) is 6.20 Å². The molecular formula is C15H22N4O6S3. The van der Waals surface area contributed by atoms with Gasteiger partial charge in [0, 0.05) is 18.4 Å². The Labute approximate surface area is 176 Å². The predicted octanol–water partition coefficient (Wildman–Crippen LogP) is -0.188. The lowest BCUT2D eigenvalue weighted by Gasteiger charge is -2.16. The van der Waals surface area contributed by atoms with Gasteiger partial charge in [0.1, 0.15) is 23.7 Å². The summed E-state index contributed by atoms with van der Waals surface area (Å²) in [5.41, 5.74) is 5.23. The van der Waals surface area contributed by atoms with Crippen molar-refractivity contribution < 1.29 is 29.4 Å². The van der Waals surface area contributed by atoms with Crippen molar-refractivity contribution >= 4 is 58.8 Å². The maximum absolute atomic E-state index is 11.5. The molecule has 0 aromatic carbocycles. The van der Waals surface area contributed by atoms with Crippen molar-refractivity contribution in [2.24, 2.45) is 5.73 Å². The summed E-state index contributed by atoms with van der Waals surface area (Å²) in [6.07, 6.45) is 1.51. The number of hydrogen-bond acceptors (Lipinski definition) is 9. The first kappa shape index (κ1) is 26.0. The van der Waals surface area contributed by atoms with E-state index in [1.807, 2.05) is 18.2 Å². The summed E-state index contributed by atoms with van der Waals surface area (Å²) in [6.45, 7) is -0.567. The van der Waals surface area contributed by atoms with E-state index >= 15 is 0 Å². The maximum atomic E-state index is 11.5. The van der Waals surface area contributed by atoms with Gasteiger partial charge in [-0.05, 0) is 29.3 Å². The first-order valence-corrected chi connectivity index (χ1v) is 10.3. The molecule has 2 atom stereocenters. The van der Waals surface area contributed by atoms with E-state index in [4.69, 9.17) is 15.9 Å². The minimum absolute atomic E-state index is 0.0256. The quantitative estimate of drug-likeness (QED) is 0.188. The van der Waals surface area contributed by atoms with Gasteiger partial charge in [-0.1, -0.05) is 6.07 Å². The lowest BCUT2D eigenvalue weighted by Crippen LogP contribution is -2.49. The molecule has 0 aliphatic rings. The molecule has 28 heavy (non-hydrogen) atoms. The molecule has 0 radical (unpaired) electrons. The van der Waals surface area contributed by atoms with Gasteiger partial charge in [0.05, 0.1) is 0 Å². The average molecular weight is 451 g/mol. The second-order valence-electron chi connectivity index (χ2n) is 5.16. The van der Waals surface area contributed by atoms with Crippen LogP contribution in [0.1, 0.15) is 12.8 Å². The second kappa shape index (κ2) is 15.0. The zero-order valence-corrected chi connectivity index (χ0v) is 17.3. The minimum atomic E-state index is -1.22. The highest BCUT2D eigenvalue weighted by Gasteiger charge is 2.20. The fourth-order valence-electron chi connectivity index (χ4n) is 1.56. The molecule has 6 N–H and O–H groups in total. The molecule has 0 saturated carbocycles. The summed E-state index contributed by atoms with van der Waals surface area (Å²) in [4.78, 5) is 47.7. The molecule has 0 spiro atoms. The number of aromatic nitrogens is 1. The average Bonchev–Trinajstić information content (AvgIpc) is 2.69. The van der Waals surface area contributed by atoms with Crippen LogP contribution in [0.25, 0.3) is 0 Å². The molecule has 1 aromatic rings. The SMILES string of the molecule is NC(CCC(=O)NC(CS)C(=O)NCC(=O)O)C(=O)O.SSc1ccccn1. The Bertz CT molecular complexity index is 650. The number of thiol groups is 2. The number of pyridine rings is 1. The summed E-state index contributed by atoms with van der Waals surface area (Å²) in [6, 6.07) is 3.58. The van der Waals surface area contributed by atoms with Crippen molar-refractivity contribution in [3.63, 3.8) is 0 Å². The summed E-state index contributed by atoms with van der Waals surface area (Å²) in [5.74, 6) is -3.70. The Morgan fingerprint density at radius 3 is 2.36 bits per heavy atom. The van der Waals surface area contributed by atoms with E-state index < -0.39 is 42.4 Å². The molecule has 2 amide bonds. The van der Waals surface area contributed by atoms with Gasteiger partial charge < -0.3 is 26.6 Å². The topological polar surface area (TPSA) is 172 Å². The lowest BCUT2D eigenvalue weighted by atomic mass is 10.1. The zero-order valence-electron chi connectivity index (χ0n) is 14.6. The molecule has 0 fully saturated rings. The van der Waals surface area contributed by atoms with E-state index in [1.165, 1.54) is 10.8 Å². The van der Waals surface area contributed by atoms with Crippen LogP contribution in [0.3, 0.4) is 0 Å². The van der Waals surface area contributed by atoms with Crippen molar-refractivity contribution in [2.75, 3.05) is 12.3 Å². The highest BCUT2D eigenvalue weighted by Crippen LogP contribution is 2.16. The van der Waals surface area contributed by atoms with Crippen LogP contribution in [0.4, 0.5) is 0 Å². The lowest BCUT2D eigenvalue weighted by molar-refractivity contribution is -0.139. The monoisotopic (exact) mass is 450 g/mol. The third kappa shape index (κ3) is 12.4. The van der Waals surface area contributed by atoms with E-state index in [-0.39, 0.29) is 18.6 Å². The normalized spacial score (nSPS) is 12.0. The Balaban J connectivity index is 0.000000749. The molecule has 156 valence electrons. The van der Waals surface area contributed by atoms with Gasteiger partial charge in [0.15, 0.2) is 0 Å². The van der Waals surface area contributed by atoms with Crippen LogP contribution >= 0.6 is 35.1 Å². The molecule has 0 bridgehead atoms. The number of amides is 2. The van der Waals surface area contributed by atoms with Crippen molar-refractivity contribution in [3.05, 3.63) is 24.4 Å². The van der Waals surface area contributed by atoms with E-state index in [0.29, 0.717) is 0 Å². The number of carboxylic acids is 2. The maximum Gasteiger partial charge on any atom is 0.322 e. The van der Waals surface area contributed by atoms with Crippen molar-refractivity contribution in [3.8, 4) is 0 Å². The number of nitrogens with one attached hydrogen (secondary N) is 2. The minimum Gasteiger partial charge on any atom is -0.480 e. The van der Waals surface area contributed by atoms with Crippen LogP contribution in [0.15, 0.2) is 29.4 Å². The molecule has 0 aliphatic carbocycles. The predicted molar refractivity (Wildman–Crippen MR) is 110 cm³/mol. The molecular weight excluding hydrogens is 428 g/mol. The first-order valence-electron chi connectivity index (χ1n) is 7.81. The van der Waals surface area contributed by atoms with Gasteiger partial charge in [-0.15, -0.1) is 11.7 Å². The summed E-state index contributed by atoms with van der Waals surface area (Å²) in [5, 5.41) is 22.3. The van der Waals surface area contributed by atoms with Gasteiger partial charge in [-0.2, -0.15) is 12.6 Å². The summed E-state index contributed by atoms with van der Waals surface area (Å²) >= 11 is 7.84. The number of aliphatic carboxylic acids is 2. The molecule has 2 unspecified atom stereocenters. The third-order valence-corrected chi connectivity index (χ3v) is 4.33. The smallest absolute Gasteiger partial charge is 0.322 e. The van der Waals surface area contributed by atoms with Gasteiger partial charge >= 0.3 is 11.9 Å². The van der Waals surface area contributed by atoms with Gasteiger partial charge in [-0.3, -0.25) is 19.2 Å². The van der Waals surface area contributed by atoms with E-state index in [0.717, 1.165) is 5.03 Å². The van der Waals surface area contributed by atoms with Crippen molar-refractivity contribution in [1.29, 1.82) is 0 Å². The van der Waals surface area contributed by atoms with Crippen molar-refractivity contribution in [1.82, 2.24) is 15.6 Å². The Hall–Kier alpha value is -1.96. The van der Waals surface area contributed by atoms with Gasteiger partial charge in [0.25, 0.3) is 0 Å². The molecule has 13 heteroatoms. The van der Waals surface area contributed by atoms with Crippen LogP contribution in [-0.4, -0.2) is 63.3 Å². The fraction of sp³-hybridized carbons (Fsp3) is 0.400. The van der Waals surface area contributed by atoms with E-state index in [2.05, 4.69) is 39.9 Å². The zero-order chi connectivity index (χ0) is 21.5. The summed E-state index contributed by atoms with van der Waals surface area (Å²) in [7, 11) is 1.35. The Morgan fingerprint density at radius 1 is 1.25 bits per heavy atom. The molecule has 1 aromatic heterocycles. The number of nitrogens with zero attached hydrogens (tertiary/aromatic N) is 1. The van der Waals surface area contributed by atoms with Gasteiger partial charge in [0.2, 0.25) is 11.8 Å². The number of nitrogens with two attached hydrogens (primary N) is 1. The van der Waals surface area contributed by atoms with Crippen LogP contribution in [0.5, 0.6) is 0 Å². The van der Waals surface area contributed by atoms with Crippen LogP contribution in [-0.2, 0) is 19.2 Å². The highest BCUT2D eigenvalue weighted by atomic mass is 33.1.